The van der Waals surface area contributed by atoms with Crippen molar-refractivity contribution < 1.29 is 22.7 Å². The summed E-state index contributed by atoms with van der Waals surface area (Å²) in [4.78, 5) is 20.9. The Morgan fingerprint density at radius 3 is 2.42 bits per heavy atom. The topological polar surface area (TPSA) is 114 Å². The lowest BCUT2D eigenvalue weighted by molar-refractivity contribution is 0.0699. The standard InChI is InChI=1S/C28H35FN4O4S/c1-5-18-14-23-21(15-22(18)29)24(26(34)35)25(33(23)20-10-7-6-8-11-20)19-16-30-27(31-17-19)32-38(36,37)13-9-12-28(2,3)4/h9,12,14-17,20H,5-8,10-11,13H2,1-4H3,(H,34,35)(H,30,31,32). The Morgan fingerprint density at radius 1 is 1.18 bits per heavy atom. The number of nitrogens with zero attached hydrogens (tertiary/aromatic N) is 3. The Balaban J connectivity index is 1.78. The molecule has 4 rings (SSSR count). The van der Waals surface area contributed by atoms with Crippen LogP contribution >= 0.6 is 0 Å². The van der Waals surface area contributed by atoms with E-state index >= 15 is 0 Å². The minimum atomic E-state index is -3.72. The second kappa shape index (κ2) is 10.8. The highest BCUT2D eigenvalue weighted by Crippen LogP contribution is 2.41. The summed E-state index contributed by atoms with van der Waals surface area (Å²) >= 11 is 0. The first-order valence-corrected chi connectivity index (χ1v) is 14.7. The average Bonchev–Trinajstić information content (AvgIpc) is 3.17. The molecule has 0 atom stereocenters. The molecule has 0 radical (unpaired) electrons. The molecule has 204 valence electrons. The summed E-state index contributed by atoms with van der Waals surface area (Å²) in [6.07, 6.45) is 11.7. The minimum absolute atomic E-state index is 0.00336. The number of carbonyl (C=O) groups is 1. The van der Waals surface area contributed by atoms with Gasteiger partial charge in [-0.1, -0.05) is 59.1 Å². The largest absolute Gasteiger partial charge is 0.478 e. The van der Waals surface area contributed by atoms with E-state index in [4.69, 9.17) is 0 Å². The van der Waals surface area contributed by atoms with Gasteiger partial charge in [-0.2, -0.15) is 0 Å². The summed E-state index contributed by atoms with van der Waals surface area (Å²) in [5.74, 6) is -1.93. The van der Waals surface area contributed by atoms with Crippen molar-refractivity contribution in [3.05, 3.63) is 53.6 Å². The van der Waals surface area contributed by atoms with E-state index in [2.05, 4.69) is 14.7 Å². The van der Waals surface area contributed by atoms with Crippen molar-refractivity contribution in [3.63, 3.8) is 0 Å². The molecule has 0 bridgehead atoms. The van der Waals surface area contributed by atoms with Gasteiger partial charge >= 0.3 is 5.97 Å². The first-order chi connectivity index (χ1) is 17.9. The van der Waals surface area contributed by atoms with E-state index in [1.54, 1.807) is 12.1 Å². The molecule has 1 fully saturated rings. The van der Waals surface area contributed by atoms with E-state index in [0.717, 1.165) is 32.1 Å². The molecule has 0 aliphatic heterocycles. The second-order valence-corrected chi connectivity index (χ2v) is 12.7. The van der Waals surface area contributed by atoms with Gasteiger partial charge in [0.1, 0.15) is 5.82 Å². The van der Waals surface area contributed by atoms with E-state index in [1.165, 1.54) is 18.5 Å². The minimum Gasteiger partial charge on any atom is -0.478 e. The van der Waals surface area contributed by atoms with Crippen molar-refractivity contribution in [1.29, 1.82) is 0 Å². The number of hydrogen-bond donors (Lipinski definition) is 2. The van der Waals surface area contributed by atoms with Crippen LogP contribution in [0.25, 0.3) is 22.2 Å². The number of rotatable bonds is 8. The highest BCUT2D eigenvalue weighted by molar-refractivity contribution is 7.92. The number of hydrogen-bond acceptors (Lipinski definition) is 5. The molecular weight excluding hydrogens is 507 g/mol. The molecule has 0 saturated heterocycles. The van der Waals surface area contributed by atoms with Gasteiger partial charge in [-0.15, -0.1) is 0 Å². The maximum atomic E-state index is 14.8. The number of allylic oxidation sites excluding steroid dienone is 1. The molecule has 38 heavy (non-hydrogen) atoms. The maximum Gasteiger partial charge on any atom is 0.338 e. The predicted molar refractivity (Wildman–Crippen MR) is 147 cm³/mol. The van der Waals surface area contributed by atoms with Crippen LogP contribution in [0.3, 0.4) is 0 Å². The molecule has 0 unspecified atom stereocenters. The van der Waals surface area contributed by atoms with Crippen molar-refractivity contribution in [2.24, 2.45) is 5.41 Å². The molecule has 1 aromatic carbocycles. The molecular formula is C28H35FN4O4S. The summed E-state index contributed by atoms with van der Waals surface area (Å²) in [5, 5.41) is 10.6. The summed E-state index contributed by atoms with van der Waals surface area (Å²) < 4.78 is 44.2. The fourth-order valence-corrected chi connectivity index (χ4v) is 5.89. The summed E-state index contributed by atoms with van der Waals surface area (Å²) in [5.41, 5.74) is 1.90. The molecule has 2 aromatic heterocycles. The summed E-state index contributed by atoms with van der Waals surface area (Å²) in [6.45, 7) is 7.78. The number of halogens is 1. The number of sulfonamides is 1. The highest BCUT2D eigenvalue weighted by atomic mass is 32.2. The maximum absolute atomic E-state index is 14.8. The molecule has 0 spiro atoms. The van der Waals surface area contributed by atoms with Crippen LogP contribution in [0.15, 0.2) is 36.7 Å². The Kier molecular flexibility index (Phi) is 7.92. The van der Waals surface area contributed by atoms with Crippen LogP contribution in [-0.4, -0.2) is 39.8 Å². The smallest absolute Gasteiger partial charge is 0.338 e. The molecule has 10 heteroatoms. The van der Waals surface area contributed by atoms with Gasteiger partial charge in [0.15, 0.2) is 0 Å². The predicted octanol–water partition coefficient (Wildman–Crippen LogP) is 6.35. The zero-order valence-corrected chi connectivity index (χ0v) is 23.1. The molecule has 1 aliphatic rings. The zero-order chi connectivity index (χ0) is 27.7. The third-order valence-corrected chi connectivity index (χ3v) is 7.94. The van der Waals surface area contributed by atoms with Gasteiger partial charge in [-0.3, -0.25) is 4.72 Å². The molecule has 2 heterocycles. The van der Waals surface area contributed by atoms with Crippen molar-refractivity contribution in [1.82, 2.24) is 14.5 Å². The van der Waals surface area contributed by atoms with Gasteiger partial charge < -0.3 is 9.67 Å². The fourth-order valence-electron chi connectivity index (χ4n) is 5.07. The van der Waals surface area contributed by atoms with Crippen LogP contribution in [0.2, 0.25) is 0 Å². The lowest BCUT2D eigenvalue weighted by Gasteiger charge is -2.27. The van der Waals surface area contributed by atoms with Crippen molar-refractivity contribution in [2.45, 2.75) is 72.3 Å². The van der Waals surface area contributed by atoms with E-state index in [9.17, 15) is 22.7 Å². The van der Waals surface area contributed by atoms with Gasteiger partial charge in [0.25, 0.3) is 0 Å². The van der Waals surface area contributed by atoms with Crippen LogP contribution in [0.5, 0.6) is 0 Å². The van der Waals surface area contributed by atoms with Crippen LogP contribution in [0, 0.1) is 11.2 Å². The average molecular weight is 543 g/mol. The number of aromatic carboxylic acids is 1. The Bertz CT molecular complexity index is 1470. The number of aromatic nitrogens is 3. The number of carboxylic acids is 1. The molecule has 3 aromatic rings. The van der Waals surface area contributed by atoms with E-state index in [0.29, 0.717) is 34.1 Å². The molecule has 8 nitrogen and oxygen atoms in total. The van der Waals surface area contributed by atoms with E-state index in [1.807, 2.05) is 38.3 Å². The Hall–Kier alpha value is -3.27. The third-order valence-electron chi connectivity index (χ3n) is 6.81. The number of anilines is 1. The Morgan fingerprint density at radius 2 is 1.84 bits per heavy atom. The molecule has 1 saturated carbocycles. The highest BCUT2D eigenvalue weighted by Gasteiger charge is 2.29. The number of nitrogens with one attached hydrogen (secondary N) is 1. The molecule has 1 aliphatic carbocycles. The van der Waals surface area contributed by atoms with Gasteiger partial charge in [0.05, 0.1) is 22.5 Å². The fraction of sp³-hybridized carbons (Fsp3) is 0.464. The molecule has 2 N–H and O–H groups in total. The van der Waals surface area contributed by atoms with Gasteiger partial charge in [-0.05, 0) is 42.4 Å². The third kappa shape index (κ3) is 6.06. The van der Waals surface area contributed by atoms with Crippen LogP contribution in [0.4, 0.5) is 10.3 Å². The quantitative estimate of drug-likeness (QED) is 0.321. The number of carboxylic acid groups (broad SMARTS) is 1. The first kappa shape index (κ1) is 27.8. The SMILES string of the molecule is CCc1cc2c(cc1F)c(C(=O)O)c(-c1cnc(NS(=O)(=O)CC=CC(C)(C)C)nc1)n2C1CCCCC1. The Labute approximate surface area is 223 Å². The normalized spacial score (nSPS) is 15.4. The number of aryl methyl sites for hydroxylation is 1. The van der Waals surface area contributed by atoms with E-state index < -0.39 is 21.8 Å². The van der Waals surface area contributed by atoms with Crippen molar-refractivity contribution in [2.75, 3.05) is 10.5 Å². The number of fused-ring (bicyclic) bond motifs is 1. The monoisotopic (exact) mass is 542 g/mol. The van der Waals surface area contributed by atoms with Gasteiger partial charge in [0.2, 0.25) is 16.0 Å². The second-order valence-electron chi connectivity index (χ2n) is 11.0. The van der Waals surface area contributed by atoms with Gasteiger partial charge in [0, 0.05) is 29.4 Å². The number of benzene rings is 1. The lowest BCUT2D eigenvalue weighted by Crippen LogP contribution is -2.18. The van der Waals surface area contributed by atoms with Crippen molar-refractivity contribution >= 4 is 32.8 Å². The summed E-state index contributed by atoms with van der Waals surface area (Å²) in [7, 11) is -3.72. The van der Waals surface area contributed by atoms with Crippen LogP contribution in [-0.2, 0) is 16.4 Å². The zero-order valence-electron chi connectivity index (χ0n) is 22.3. The van der Waals surface area contributed by atoms with Crippen LogP contribution < -0.4 is 4.72 Å². The van der Waals surface area contributed by atoms with Crippen molar-refractivity contribution in [3.8, 4) is 11.3 Å². The lowest BCUT2D eigenvalue weighted by atomic mass is 9.94. The summed E-state index contributed by atoms with van der Waals surface area (Å²) in [6, 6.07) is 3.12. The van der Waals surface area contributed by atoms with Gasteiger partial charge in [-0.25, -0.2) is 27.6 Å². The van der Waals surface area contributed by atoms with E-state index in [-0.39, 0.29) is 28.7 Å². The molecule has 0 amide bonds. The van der Waals surface area contributed by atoms with Crippen LogP contribution in [0.1, 0.15) is 81.8 Å². The first-order valence-electron chi connectivity index (χ1n) is 13.0.